The fraction of sp³-hybridized carbons (Fsp3) is 0.167. The number of para-hydroxylation sites is 1. The zero-order chi connectivity index (χ0) is 18.4. The summed E-state index contributed by atoms with van der Waals surface area (Å²) in [6, 6.07) is 14.5. The van der Waals surface area contributed by atoms with Gasteiger partial charge in [-0.15, -0.1) is 0 Å². The van der Waals surface area contributed by atoms with Gasteiger partial charge in [0.25, 0.3) is 5.91 Å². The van der Waals surface area contributed by atoms with E-state index < -0.39 is 0 Å². The highest BCUT2D eigenvalue weighted by molar-refractivity contribution is 7.10. The first-order valence-electron chi connectivity index (χ1n) is 7.73. The zero-order valence-corrected chi connectivity index (χ0v) is 15.1. The molecule has 0 atom stereocenters. The van der Waals surface area contributed by atoms with E-state index in [9.17, 15) is 4.79 Å². The van der Waals surface area contributed by atoms with Crippen LogP contribution in [0.3, 0.4) is 0 Å². The van der Waals surface area contributed by atoms with Gasteiger partial charge in [0.05, 0.1) is 14.2 Å². The predicted molar refractivity (Wildman–Crippen MR) is 99.0 cm³/mol. The summed E-state index contributed by atoms with van der Waals surface area (Å²) < 4.78 is 20.2. The number of anilines is 1. The molecular formula is C18H17N3O4S. The number of aromatic nitrogens is 2. The van der Waals surface area contributed by atoms with Gasteiger partial charge in [-0.25, -0.2) is 0 Å². The van der Waals surface area contributed by atoms with Gasteiger partial charge >= 0.3 is 0 Å². The lowest BCUT2D eigenvalue weighted by atomic mass is 10.2. The van der Waals surface area contributed by atoms with Gasteiger partial charge in [-0.1, -0.05) is 18.2 Å². The Kier molecular flexibility index (Phi) is 5.65. The smallest absolute Gasteiger partial charge is 0.264 e. The van der Waals surface area contributed by atoms with Crippen molar-refractivity contribution in [1.82, 2.24) is 9.36 Å². The van der Waals surface area contributed by atoms with E-state index in [1.807, 2.05) is 24.3 Å². The third-order valence-corrected chi connectivity index (χ3v) is 4.06. The van der Waals surface area contributed by atoms with E-state index in [-0.39, 0.29) is 12.5 Å². The van der Waals surface area contributed by atoms with E-state index >= 15 is 0 Å². The molecule has 3 rings (SSSR count). The number of carbonyl (C=O) groups is 1. The number of nitrogens with one attached hydrogen (secondary N) is 1. The number of rotatable bonds is 7. The minimum absolute atomic E-state index is 0.102. The maximum atomic E-state index is 12.0. The topological polar surface area (TPSA) is 82.6 Å². The molecule has 0 aliphatic carbocycles. The van der Waals surface area contributed by atoms with E-state index in [0.29, 0.717) is 28.2 Å². The highest BCUT2D eigenvalue weighted by Gasteiger charge is 2.12. The Bertz CT molecular complexity index is 883. The molecule has 134 valence electrons. The monoisotopic (exact) mass is 371 g/mol. The van der Waals surface area contributed by atoms with Crippen molar-refractivity contribution in [2.75, 3.05) is 26.1 Å². The molecule has 3 aromatic rings. The first-order valence-corrected chi connectivity index (χ1v) is 8.50. The van der Waals surface area contributed by atoms with Crippen molar-refractivity contribution in [2.45, 2.75) is 0 Å². The summed E-state index contributed by atoms with van der Waals surface area (Å²) in [5.74, 6) is 2.03. The average molecular weight is 371 g/mol. The standard InChI is InChI=1S/C18H17N3O4S/c1-23-14-9-8-12(10-15(14)24-2)17-20-18(26-21-17)19-16(22)11-25-13-6-4-3-5-7-13/h3-10H,11H2,1-2H3,(H,19,20,21,22). The van der Waals surface area contributed by atoms with Gasteiger partial charge in [0.15, 0.2) is 23.9 Å². The molecule has 1 amide bonds. The van der Waals surface area contributed by atoms with Crippen molar-refractivity contribution in [3.05, 3.63) is 48.5 Å². The molecule has 0 saturated carbocycles. The second kappa shape index (κ2) is 8.30. The number of ether oxygens (including phenoxy) is 3. The van der Waals surface area contributed by atoms with Crippen molar-refractivity contribution in [2.24, 2.45) is 0 Å². The number of methoxy groups -OCH3 is 2. The lowest BCUT2D eigenvalue weighted by Gasteiger charge is -2.07. The van der Waals surface area contributed by atoms with Crippen LogP contribution in [0.1, 0.15) is 0 Å². The molecule has 1 heterocycles. The molecule has 2 aromatic carbocycles. The molecule has 0 aliphatic heterocycles. The zero-order valence-electron chi connectivity index (χ0n) is 14.3. The molecule has 26 heavy (non-hydrogen) atoms. The van der Waals surface area contributed by atoms with Crippen LogP contribution in [-0.4, -0.2) is 36.1 Å². The van der Waals surface area contributed by atoms with Crippen molar-refractivity contribution >= 4 is 22.6 Å². The van der Waals surface area contributed by atoms with Crippen LogP contribution in [-0.2, 0) is 4.79 Å². The Morgan fingerprint density at radius 3 is 2.58 bits per heavy atom. The minimum atomic E-state index is -0.302. The highest BCUT2D eigenvalue weighted by Crippen LogP contribution is 2.32. The fourth-order valence-electron chi connectivity index (χ4n) is 2.19. The summed E-state index contributed by atoms with van der Waals surface area (Å²) in [4.78, 5) is 16.3. The summed E-state index contributed by atoms with van der Waals surface area (Å²) in [6.45, 7) is -0.102. The van der Waals surface area contributed by atoms with Crippen LogP contribution >= 0.6 is 11.5 Å². The Balaban J connectivity index is 1.63. The van der Waals surface area contributed by atoms with Gasteiger partial charge in [0.2, 0.25) is 5.13 Å². The maximum absolute atomic E-state index is 12.0. The van der Waals surface area contributed by atoms with Crippen molar-refractivity contribution in [1.29, 1.82) is 0 Å². The number of benzene rings is 2. The average Bonchev–Trinajstić information content (AvgIpc) is 3.15. The number of nitrogens with zero attached hydrogens (tertiary/aromatic N) is 2. The Labute approximate surface area is 154 Å². The second-order valence-electron chi connectivity index (χ2n) is 5.14. The van der Waals surface area contributed by atoms with Crippen LogP contribution in [0.4, 0.5) is 5.13 Å². The summed E-state index contributed by atoms with van der Waals surface area (Å²) >= 11 is 1.10. The quantitative estimate of drug-likeness (QED) is 0.687. The molecule has 7 nitrogen and oxygen atoms in total. The SMILES string of the molecule is COc1ccc(-c2nsc(NC(=O)COc3ccccc3)n2)cc1OC. The normalized spacial score (nSPS) is 10.2. The Morgan fingerprint density at radius 2 is 1.85 bits per heavy atom. The van der Waals surface area contributed by atoms with Gasteiger partial charge in [0.1, 0.15) is 5.75 Å². The van der Waals surface area contributed by atoms with Crippen LogP contribution in [0.5, 0.6) is 17.2 Å². The van der Waals surface area contributed by atoms with Gasteiger partial charge in [-0.05, 0) is 30.3 Å². The van der Waals surface area contributed by atoms with E-state index in [0.717, 1.165) is 17.1 Å². The van der Waals surface area contributed by atoms with Crippen LogP contribution in [0.25, 0.3) is 11.4 Å². The largest absolute Gasteiger partial charge is 0.493 e. The van der Waals surface area contributed by atoms with Crippen LogP contribution < -0.4 is 19.5 Å². The Hall–Kier alpha value is -3.13. The number of amides is 1. The van der Waals surface area contributed by atoms with Gasteiger partial charge in [-0.3, -0.25) is 10.1 Å². The Morgan fingerprint density at radius 1 is 1.08 bits per heavy atom. The fourth-order valence-corrected chi connectivity index (χ4v) is 2.79. The predicted octanol–water partition coefficient (Wildman–Crippen LogP) is 3.24. The molecular weight excluding hydrogens is 354 g/mol. The summed E-state index contributed by atoms with van der Waals surface area (Å²) in [5, 5.41) is 3.08. The lowest BCUT2D eigenvalue weighted by molar-refractivity contribution is -0.118. The van der Waals surface area contributed by atoms with E-state index in [1.54, 1.807) is 38.5 Å². The number of hydrogen-bond acceptors (Lipinski definition) is 7. The third-order valence-electron chi connectivity index (χ3n) is 3.43. The molecule has 0 radical (unpaired) electrons. The molecule has 1 aromatic heterocycles. The maximum Gasteiger partial charge on any atom is 0.264 e. The van der Waals surface area contributed by atoms with E-state index in [2.05, 4.69) is 14.7 Å². The lowest BCUT2D eigenvalue weighted by Crippen LogP contribution is -2.20. The molecule has 0 spiro atoms. The van der Waals surface area contributed by atoms with E-state index in [1.165, 1.54) is 0 Å². The van der Waals surface area contributed by atoms with Crippen molar-refractivity contribution in [3.8, 4) is 28.6 Å². The van der Waals surface area contributed by atoms with Gasteiger partial charge in [-0.2, -0.15) is 9.36 Å². The number of hydrogen-bond donors (Lipinski definition) is 1. The first kappa shape index (κ1) is 17.7. The van der Waals surface area contributed by atoms with Crippen molar-refractivity contribution < 1.29 is 19.0 Å². The number of carbonyl (C=O) groups excluding carboxylic acids is 1. The molecule has 0 unspecified atom stereocenters. The van der Waals surface area contributed by atoms with Crippen LogP contribution in [0.2, 0.25) is 0 Å². The van der Waals surface area contributed by atoms with Gasteiger partial charge in [0, 0.05) is 17.1 Å². The summed E-state index contributed by atoms with van der Waals surface area (Å²) in [6.07, 6.45) is 0. The van der Waals surface area contributed by atoms with Crippen LogP contribution in [0, 0.1) is 0 Å². The molecule has 1 N–H and O–H groups in total. The molecule has 0 aliphatic rings. The van der Waals surface area contributed by atoms with Crippen LogP contribution in [0.15, 0.2) is 48.5 Å². The first-order chi connectivity index (χ1) is 12.7. The summed E-state index contributed by atoms with van der Waals surface area (Å²) in [5.41, 5.74) is 0.764. The molecule has 0 bridgehead atoms. The second-order valence-corrected chi connectivity index (χ2v) is 5.89. The molecule has 0 fully saturated rings. The van der Waals surface area contributed by atoms with E-state index in [4.69, 9.17) is 14.2 Å². The third kappa shape index (κ3) is 4.28. The highest BCUT2D eigenvalue weighted by atomic mass is 32.1. The molecule has 8 heteroatoms. The summed E-state index contributed by atoms with van der Waals surface area (Å²) in [7, 11) is 3.14. The van der Waals surface area contributed by atoms with Gasteiger partial charge < -0.3 is 14.2 Å². The molecule has 0 saturated heterocycles. The van der Waals surface area contributed by atoms with Crippen molar-refractivity contribution in [3.63, 3.8) is 0 Å². The minimum Gasteiger partial charge on any atom is -0.493 e.